The number of anilines is 1. The molecule has 11 aromatic rings. The summed E-state index contributed by atoms with van der Waals surface area (Å²) in [6.07, 6.45) is -0.951. The van der Waals surface area contributed by atoms with Gasteiger partial charge in [-0.05, 0) is 50.1 Å². The monoisotopic (exact) mass is 993 g/mol. The Hall–Kier alpha value is -8.83. The van der Waals surface area contributed by atoms with E-state index in [1.807, 2.05) is 132 Å². The van der Waals surface area contributed by atoms with Crippen molar-refractivity contribution in [2.24, 2.45) is 0 Å². The molecule has 2 aromatic heterocycles. The fraction of sp³-hybridized carbons (Fsp3) is 0.119. The van der Waals surface area contributed by atoms with Gasteiger partial charge in [-0.2, -0.15) is 0 Å². The SMILES string of the molecule is O[C@@H]1[C@@H](OC(c2ccccc2)(c2ccccc2)c2ccccc2)[C@H](n2cnc3c(NC(c4ccccc4)(c4ccccc4)c4ccccc4)ncnc32)O[C@@H]1COC(c1ccccc1)(c1ccccc1)c1ccccc1. The largest absolute Gasteiger partial charge is 0.387 e. The molecule has 0 spiro atoms. The Morgan fingerprint density at radius 1 is 0.434 bits per heavy atom. The summed E-state index contributed by atoms with van der Waals surface area (Å²) >= 11 is 0. The van der Waals surface area contributed by atoms with Gasteiger partial charge < -0.3 is 24.6 Å². The van der Waals surface area contributed by atoms with E-state index in [4.69, 9.17) is 29.2 Å². The van der Waals surface area contributed by atoms with E-state index in [1.54, 1.807) is 12.7 Å². The van der Waals surface area contributed by atoms with E-state index in [9.17, 15) is 5.11 Å². The third-order valence-corrected chi connectivity index (χ3v) is 14.7. The summed E-state index contributed by atoms with van der Waals surface area (Å²) in [4.78, 5) is 15.0. The number of aliphatic hydroxyl groups is 1. The number of nitrogens with zero attached hydrogens (tertiary/aromatic N) is 4. The van der Waals surface area contributed by atoms with Crippen molar-refractivity contribution in [3.8, 4) is 0 Å². The van der Waals surface area contributed by atoms with Gasteiger partial charge in [0.05, 0.1) is 12.9 Å². The van der Waals surface area contributed by atoms with Gasteiger partial charge in [-0.25, -0.2) is 15.0 Å². The number of imidazole rings is 1. The Kier molecular flexibility index (Phi) is 13.4. The summed E-state index contributed by atoms with van der Waals surface area (Å²) < 4.78 is 24.4. The summed E-state index contributed by atoms with van der Waals surface area (Å²) in [6, 6.07) is 92.3. The number of ether oxygens (including phenoxy) is 3. The van der Waals surface area contributed by atoms with Crippen LogP contribution >= 0.6 is 0 Å². The molecule has 0 bridgehead atoms. The van der Waals surface area contributed by atoms with Gasteiger partial charge in [-0.15, -0.1) is 0 Å². The first-order valence-electron chi connectivity index (χ1n) is 25.7. The highest BCUT2D eigenvalue weighted by Gasteiger charge is 2.53. The average Bonchev–Trinajstić information content (AvgIpc) is 4.09. The van der Waals surface area contributed by atoms with Crippen LogP contribution in [0.15, 0.2) is 286 Å². The number of aliphatic hydroxyl groups excluding tert-OH is 1. The Bertz CT molecular complexity index is 3310. The molecule has 9 heteroatoms. The van der Waals surface area contributed by atoms with Crippen molar-refractivity contribution in [2.75, 3.05) is 11.9 Å². The van der Waals surface area contributed by atoms with E-state index in [2.05, 4.69) is 151 Å². The molecule has 9 aromatic carbocycles. The topological polar surface area (TPSA) is 104 Å². The van der Waals surface area contributed by atoms with Gasteiger partial charge in [0.15, 0.2) is 23.2 Å². The van der Waals surface area contributed by atoms with Crippen LogP contribution in [-0.4, -0.2) is 49.5 Å². The molecule has 3 heterocycles. The summed E-state index contributed by atoms with van der Waals surface area (Å²) in [5.41, 5.74) is 6.15. The predicted molar refractivity (Wildman–Crippen MR) is 297 cm³/mol. The first kappa shape index (κ1) is 48.1. The van der Waals surface area contributed by atoms with Crippen molar-refractivity contribution in [1.29, 1.82) is 0 Å². The van der Waals surface area contributed by atoms with Gasteiger partial charge in [0.2, 0.25) is 0 Å². The normalized spacial score (nSPS) is 16.9. The molecule has 1 aliphatic heterocycles. The lowest BCUT2D eigenvalue weighted by atomic mass is 9.77. The number of nitrogens with one attached hydrogen (secondary N) is 1. The van der Waals surface area contributed by atoms with Crippen molar-refractivity contribution < 1.29 is 19.3 Å². The molecule has 0 saturated carbocycles. The number of rotatable bonds is 17. The van der Waals surface area contributed by atoms with E-state index in [1.165, 1.54) is 0 Å². The Balaban J connectivity index is 1.02. The molecule has 0 aliphatic carbocycles. The molecule has 1 fully saturated rings. The highest BCUT2D eigenvalue weighted by atomic mass is 16.6. The summed E-state index contributed by atoms with van der Waals surface area (Å²) in [5.74, 6) is 0.502. The summed E-state index contributed by atoms with van der Waals surface area (Å²) in [6.45, 7) is -0.0343. The highest BCUT2D eigenvalue weighted by Crippen LogP contribution is 2.48. The second-order valence-corrected chi connectivity index (χ2v) is 19.0. The van der Waals surface area contributed by atoms with Gasteiger partial charge in [-0.3, -0.25) is 4.57 Å². The molecule has 76 heavy (non-hydrogen) atoms. The molecule has 2 N–H and O–H groups in total. The smallest absolute Gasteiger partial charge is 0.167 e. The lowest BCUT2D eigenvalue weighted by molar-refractivity contribution is -0.122. The molecule has 1 aliphatic rings. The number of fused-ring (bicyclic) bond motifs is 1. The molecule has 0 radical (unpaired) electrons. The van der Waals surface area contributed by atoms with Gasteiger partial charge in [-0.1, -0.05) is 273 Å². The van der Waals surface area contributed by atoms with Gasteiger partial charge in [0, 0.05) is 0 Å². The molecule has 1 saturated heterocycles. The lowest BCUT2D eigenvalue weighted by Crippen LogP contribution is -2.45. The maximum absolute atomic E-state index is 13.3. The molecule has 372 valence electrons. The fourth-order valence-electron chi connectivity index (χ4n) is 11.2. The minimum atomic E-state index is -1.25. The maximum Gasteiger partial charge on any atom is 0.167 e. The molecular weight excluding hydrogens is 939 g/mol. The number of benzene rings is 9. The summed E-state index contributed by atoms with van der Waals surface area (Å²) in [7, 11) is 0. The van der Waals surface area contributed by atoms with Crippen LogP contribution in [-0.2, 0) is 31.0 Å². The van der Waals surface area contributed by atoms with Gasteiger partial charge in [0.25, 0.3) is 0 Å². The van der Waals surface area contributed by atoms with Crippen molar-refractivity contribution in [2.45, 2.75) is 41.3 Å². The van der Waals surface area contributed by atoms with Crippen LogP contribution in [0, 0.1) is 0 Å². The number of aromatic nitrogens is 4. The zero-order valence-corrected chi connectivity index (χ0v) is 41.6. The van der Waals surface area contributed by atoms with Crippen LogP contribution in [0.5, 0.6) is 0 Å². The van der Waals surface area contributed by atoms with E-state index in [0.29, 0.717) is 17.0 Å². The first-order chi connectivity index (χ1) is 37.6. The quantitative estimate of drug-likeness (QED) is 0.0870. The minimum Gasteiger partial charge on any atom is -0.387 e. The number of hydrogen-bond acceptors (Lipinski definition) is 8. The van der Waals surface area contributed by atoms with Crippen LogP contribution in [0.25, 0.3) is 11.2 Å². The zero-order chi connectivity index (χ0) is 51.2. The Morgan fingerprint density at radius 3 is 1.14 bits per heavy atom. The van der Waals surface area contributed by atoms with Crippen LogP contribution in [0.1, 0.15) is 56.3 Å². The van der Waals surface area contributed by atoms with E-state index in [-0.39, 0.29) is 6.61 Å². The van der Waals surface area contributed by atoms with Crippen molar-refractivity contribution in [1.82, 2.24) is 19.5 Å². The van der Waals surface area contributed by atoms with Crippen molar-refractivity contribution >= 4 is 17.0 Å². The van der Waals surface area contributed by atoms with E-state index in [0.717, 1.165) is 50.1 Å². The standard InChI is InChI=1S/C67H55N5O4/c73-60-58(46-74-66(52-34-16-4-17-35-52,53-36-18-5-19-37-53)54-38-20-6-21-39-54)75-64(61(60)76-67(55-40-22-7-23-41-55,56-42-24-8-25-43-56)57-44-26-9-27-45-57)72-48-70-59-62(68-47-69-63(59)72)71-65(49-28-10-1-11-29-49,50-30-12-2-13-31-50)51-32-14-3-15-33-51/h1-45,47-48,58,60-61,64,73H,46H2,(H,68,69,71)/t58-,60+,61-,64-/m1/s1. The molecular formula is C67H55N5O4. The molecule has 0 unspecified atom stereocenters. The van der Waals surface area contributed by atoms with Gasteiger partial charge in [0.1, 0.15) is 41.4 Å². The van der Waals surface area contributed by atoms with Crippen molar-refractivity contribution in [3.63, 3.8) is 0 Å². The maximum atomic E-state index is 13.3. The molecule has 4 atom stereocenters. The van der Waals surface area contributed by atoms with E-state index < -0.39 is 41.3 Å². The highest BCUT2D eigenvalue weighted by molar-refractivity contribution is 5.84. The van der Waals surface area contributed by atoms with Crippen LogP contribution in [0.2, 0.25) is 0 Å². The Morgan fingerprint density at radius 2 is 0.776 bits per heavy atom. The first-order valence-corrected chi connectivity index (χ1v) is 25.7. The van der Waals surface area contributed by atoms with Crippen LogP contribution < -0.4 is 5.32 Å². The minimum absolute atomic E-state index is 0.0343. The van der Waals surface area contributed by atoms with Crippen LogP contribution in [0.3, 0.4) is 0 Å². The molecule has 0 amide bonds. The second kappa shape index (κ2) is 21.2. The molecule has 12 rings (SSSR count). The fourth-order valence-corrected chi connectivity index (χ4v) is 11.2. The average molecular weight is 994 g/mol. The predicted octanol–water partition coefficient (Wildman–Crippen LogP) is 12.9. The lowest BCUT2D eigenvalue weighted by Gasteiger charge is -2.40. The molecule has 9 nitrogen and oxygen atoms in total. The van der Waals surface area contributed by atoms with Crippen LogP contribution in [0.4, 0.5) is 5.82 Å². The van der Waals surface area contributed by atoms with Gasteiger partial charge >= 0.3 is 0 Å². The summed E-state index contributed by atoms with van der Waals surface area (Å²) in [5, 5.41) is 17.2. The third-order valence-electron chi connectivity index (χ3n) is 14.7. The number of hydrogen-bond donors (Lipinski definition) is 2. The zero-order valence-electron chi connectivity index (χ0n) is 41.6. The third kappa shape index (κ3) is 8.65. The van der Waals surface area contributed by atoms with E-state index >= 15 is 0 Å². The Labute approximate surface area is 442 Å². The van der Waals surface area contributed by atoms with Crippen molar-refractivity contribution in [3.05, 3.63) is 336 Å². The second-order valence-electron chi connectivity index (χ2n) is 19.0.